The van der Waals surface area contributed by atoms with Crippen LogP contribution in [0.5, 0.6) is 5.75 Å². The standard InChI is InChI=1S/C19H14Cl2F3N3O3/c20-14-8-12(9-15(21)25-14)27-16(28)18(6-1-7-26(18)17(27)29)10-11-2-4-13(5-3-11)30-19(22,23)24/h2-5,8-9H,1,6-7,10H2. The SMILES string of the molecule is O=C1N(c2cc(Cl)nc(Cl)c2)C(=O)C2(Cc3ccc(OC(F)(F)F)cc3)CCCN12. The van der Waals surface area contributed by atoms with Gasteiger partial charge in [-0.25, -0.2) is 14.7 Å². The molecular weight excluding hydrogens is 446 g/mol. The lowest BCUT2D eigenvalue weighted by atomic mass is 9.88. The smallest absolute Gasteiger partial charge is 0.406 e. The molecule has 2 aliphatic rings. The Balaban J connectivity index is 1.63. The third-order valence-electron chi connectivity index (χ3n) is 5.17. The molecule has 11 heteroatoms. The number of imide groups is 1. The molecule has 0 spiro atoms. The number of anilines is 1. The van der Waals surface area contributed by atoms with Crippen molar-refractivity contribution in [1.82, 2.24) is 9.88 Å². The maximum atomic E-state index is 13.4. The van der Waals surface area contributed by atoms with Crippen LogP contribution in [0.15, 0.2) is 36.4 Å². The molecule has 6 nitrogen and oxygen atoms in total. The Hall–Kier alpha value is -2.52. The highest BCUT2D eigenvalue weighted by Gasteiger charge is 2.59. The molecule has 2 aromatic rings. The van der Waals surface area contributed by atoms with E-state index < -0.39 is 23.8 Å². The summed E-state index contributed by atoms with van der Waals surface area (Å²) in [6.07, 6.45) is -3.56. The number of amides is 3. The number of benzene rings is 1. The zero-order valence-electron chi connectivity index (χ0n) is 15.2. The monoisotopic (exact) mass is 459 g/mol. The van der Waals surface area contributed by atoms with Crippen molar-refractivity contribution < 1.29 is 27.5 Å². The van der Waals surface area contributed by atoms with E-state index in [1.54, 1.807) is 0 Å². The van der Waals surface area contributed by atoms with Crippen LogP contribution in [0.2, 0.25) is 10.3 Å². The van der Waals surface area contributed by atoms with Crippen LogP contribution < -0.4 is 9.64 Å². The Labute approximate surface area is 179 Å². The molecule has 1 aromatic carbocycles. The van der Waals surface area contributed by atoms with Gasteiger partial charge in [0.1, 0.15) is 21.6 Å². The minimum Gasteiger partial charge on any atom is -0.406 e. The van der Waals surface area contributed by atoms with Gasteiger partial charge in [0, 0.05) is 13.0 Å². The number of pyridine rings is 1. The van der Waals surface area contributed by atoms with Gasteiger partial charge >= 0.3 is 12.4 Å². The maximum Gasteiger partial charge on any atom is 0.573 e. The second kappa shape index (κ2) is 7.31. The average Bonchev–Trinajstić information content (AvgIpc) is 3.13. The van der Waals surface area contributed by atoms with Crippen molar-refractivity contribution in [3.05, 3.63) is 52.3 Å². The molecule has 158 valence electrons. The van der Waals surface area contributed by atoms with Gasteiger partial charge < -0.3 is 9.64 Å². The molecule has 2 aliphatic heterocycles. The molecule has 0 radical (unpaired) electrons. The highest BCUT2D eigenvalue weighted by atomic mass is 35.5. The molecule has 0 saturated carbocycles. The fourth-order valence-corrected chi connectivity index (χ4v) is 4.46. The van der Waals surface area contributed by atoms with Crippen LogP contribution in [0.25, 0.3) is 0 Å². The number of alkyl halides is 3. The fourth-order valence-electron chi connectivity index (χ4n) is 4.01. The molecular formula is C19H14Cl2F3N3O3. The fraction of sp³-hybridized carbons (Fsp3) is 0.316. The first-order chi connectivity index (χ1) is 14.1. The van der Waals surface area contributed by atoms with E-state index >= 15 is 0 Å². The number of fused-ring (bicyclic) bond motifs is 1. The molecule has 2 saturated heterocycles. The van der Waals surface area contributed by atoms with Crippen molar-refractivity contribution in [3.8, 4) is 5.75 Å². The van der Waals surface area contributed by atoms with Gasteiger partial charge in [0.25, 0.3) is 5.91 Å². The number of rotatable bonds is 4. The van der Waals surface area contributed by atoms with Gasteiger partial charge in [-0.2, -0.15) is 0 Å². The number of hydrogen-bond acceptors (Lipinski definition) is 4. The Morgan fingerprint density at radius 2 is 1.73 bits per heavy atom. The number of ether oxygens (including phenoxy) is 1. The first-order valence-corrected chi connectivity index (χ1v) is 9.69. The summed E-state index contributed by atoms with van der Waals surface area (Å²) in [7, 11) is 0. The van der Waals surface area contributed by atoms with E-state index in [9.17, 15) is 22.8 Å². The minimum absolute atomic E-state index is 0.0412. The highest BCUT2D eigenvalue weighted by Crippen LogP contribution is 2.42. The van der Waals surface area contributed by atoms with E-state index in [1.165, 1.54) is 41.3 Å². The van der Waals surface area contributed by atoms with Crippen LogP contribution in [0, 0.1) is 0 Å². The van der Waals surface area contributed by atoms with Gasteiger partial charge in [-0.1, -0.05) is 35.3 Å². The van der Waals surface area contributed by atoms with Crippen LogP contribution in [0.3, 0.4) is 0 Å². The first kappa shape index (κ1) is 20.7. The average molecular weight is 460 g/mol. The lowest BCUT2D eigenvalue weighted by Gasteiger charge is -2.28. The highest BCUT2D eigenvalue weighted by molar-refractivity contribution is 6.33. The Kier molecular flexibility index (Phi) is 5.06. The van der Waals surface area contributed by atoms with Crippen molar-refractivity contribution in [2.24, 2.45) is 0 Å². The van der Waals surface area contributed by atoms with E-state index in [-0.39, 0.29) is 28.2 Å². The van der Waals surface area contributed by atoms with Gasteiger partial charge in [0.2, 0.25) is 0 Å². The summed E-state index contributed by atoms with van der Waals surface area (Å²) in [5.41, 5.74) is -0.297. The van der Waals surface area contributed by atoms with Gasteiger partial charge in [0.05, 0.1) is 5.69 Å². The minimum atomic E-state index is -4.79. The Morgan fingerprint density at radius 1 is 1.10 bits per heavy atom. The Morgan fingerprint density at radius 3 is 2.33 bits per heavy atom. The van der Waals surface area contributed by atoms with E-state index in [4.69, 9.17) is 23.2 Å². The second-order valence-electron chi connectivity index (χ2n) is 7.05. The molecule has 3 amide bonds. The van der Waals surface area contributed by atoms with Crippen LogP contribution in [0.4, 0.5) is 23.7 Å². The van der Waals surface area contributed by atoms with Gasteiger partial charge in [-0.3, -0.25) is 4.79 Å². The molecule has 0 bridgehead atoms. The molecule has 1 atom stereocenters. The number of hydrogen-bond donors (Lipinski definition) is 0. The topological polar surface area (TPSA) is 62.7 Å². The first-order valence-electron chi connectivity index (χ1n) is 8.93. The largest absolute Gasteiger partial charge is 0.573 e. The van der Waals surface area contributed by atoms with E-state index in [0.29, 0.717) is 24.9 Å². The van der Waals surface area contributed by atoms with E-state index in [0.717, 1.165) is 4.90 Å². The molecule has 0 aliphatic carbocycles. The normalized spacial score (nSPS) is 21.4. The van der Waals surface area contributed by atoms with Crippen molar-refractivity contribution in [1.29, 1.82) is 0 Å². The lowest BCUT2D eigenvalue weighted by Crippen LogP contribution is -2.47. The zero-order chi connectivity index (χ0) is 21.7. The third kappa shape index (κ3) is 3.67. The molecule has 2 fully saturated rings. The van der Waals surface area contributed by atoms with Crippen LogP contribution in [0.1, 0.15) is 18.4 Å². The van der Waals surface area contributed by atoms with Gasteiger partial charge in [-0.05, 0) is 42.7 Å². The summed E-state index contributed by atoms with van der Waals surface area (Å²) < 4.78 is 41.0. The summed E-state index contributed by atoms with van der Waals surface area (Å²) in [6.45, 7) is 0.392. The number of carbonyl (C=O) groups excluding carboxylic acids is 2. The number of urea groups is 1. The molecule has 0 N–H and O–H groups in total. The van der Waals surface area contributed by atoms with E-state index in [1.807, 2.05) is 0 Å². The van der Waals surface area contributed by atoms with Crippen LogP contribution in [-0.4, -0.2) is 40.3 Å². The number of nitrogens with zero attached hydrogens (tertiary/aromatic N) is 3. The van der Waals surface area contributed by atoms with Crippen LogP contribution in [-0.2, 0) is 11.2 Å². The molecule has 30 heavy (non-hydrogen) atoms. The summed E-state index contributed by atoms with van der Waals surface area (Å²) in [4.78, 5) is 32.7. The van der Waals surface area contributed by atoms with Crippen molar-refractivity contribution >= 4 is 40.8 Å². The van der Waals surface area contributed by atoms with Gasteiger partial charge in [-0.15, -0.1) is 13.2 Å². The van der Waals surface area contributed by atoms with Crippen molar-refractivity contribution in [2.75, 3.05) is 11.4 Å². The summed E-state index contributed by atoms with van der Waals surface area (Å²) in [5, 5.41) is 0.0823. The second-order valence-corrected chi connectivity index (χ2v) is 7.82. The molecule has 3 heterocycles. The predicted molar refractivity (Wildman–Crippen MR) is 103 cm³/mol. The lowest BCUT2D eigenvalue weighted by molar-refractivity contribution is -0.274. The summed E-state index contributed by atoms with van der Waals surface area (Å²) in [6, 6.07) is 7.53. The quantitative estimate of drug-likeness (QED) is 0.485. The molecule has 1 aromatic heterocycles. The third-order valence-corrected chi connectivity index (χ3v) is 5.56. The summed E-state index contributed by atoms with van der Waals surface area (Å²) >= 11 is 11.8. The maximum absolute atomic E-state index is 13.4. The van der Waals surface area contributed by atoms with Gasteiger partial charge in [0.15, 0.2) is 0 Å². The molecule has 1 unspecified atom stereocenters. The summed E-state index contributed by atoms with van der Waals surface area (Å²) in [5.74, 6) is -0.789. The van der Waals surface area contributed by atoms with Crippen molar-refractivity contribution in [2.45, 2.75) is 31.2 Å². The van der Waals surface area contributed by atoms with E-state index in [2.05, 4.69) is 9.72 Å². The number of halogens is 5. The predicted octanol–water partition coefficient (Wildman–Crippen LogP) is 4.83. The number of aromatic nitrogens is 1. The Bertz CT molecular complexity index is 996. The molecule has 4 rings (SSSR count). The zero-order valence-corrected chi connectivity index (χ0v) is 16.8. The number of carbonyl (C=O) groups is 2. The van der Waals surface area contributed by atoms with Crippen LogP contribution >= 0.6 is 23.2 Å². The van der Waals surface area contributed by atoms with Crippen molar-refractivity contribution in [3.63, 3.8) is 0 Å².